The number of rotatable bonds is 5. The molecule has 2 rings (SSSR count). The van der Waals surface area contributed by atoms with Crippen molar-refractivity contribution >= 4 is 29.0 Å². The van der Waals surface area contributed by atoms with Gasteiger partial charge in [-0.2, -0.15) is 0 Å². The second-order valence-electron chi connectivity index (χ2n) is 4.71. The van der Waals surface area contributed by atoms with E-state index in [-0.39, 0.29) is 5.91 Å². The molecule has 2 aromatic rings. The van der Waals surface area contributed by atoms with Crippen LogP contribution in [0.2, 0.25) is 0 Å². The highest BCUT2D eigenvalue weighted by Gasteiger charge is 2.18. The molecule has 1 heterocycles. The molecule has 3 N–H and O–H groups in total. The van der Waals surface area contributed by atoms with Gasteiger partial charge in [0.05, 0.1) is 19.9 Å². The average Bonchev–Trinajstić information content (AvgIpc) is 3.03. The molecule has 0 radical (unpaired) electrons. The first kappa shape index (κ1) is 17.6. The van der Waals surface area contributed by atoms with E-state index in [9.17, 15) is 9.59 Å². The summed E-state index contributed by atoms with van der Waals surface area (Å²) in [7, 11) is 6.18. The fraction of sp³-hybridized carbons (Fsp3) is 0.250. The largest absolute Gasteiger partial charge is 0.493 e. The van der Waals surface area contributed by atoms with Gasteiger partial charge >= 0.3 is 6.03 Å². The summed E-state index contributed by atoms with van der Waals surface area (Å²) in [6, 6.07) is 6.84. The number of nitrogens with one attached hydrogen (secondary N) is 3. The molecule has 128 valence electrons. The second-order valence-corrected chi connectivity index (χ2v) is 5.76. The number of benzene rings is 1. The smallest absolute Gasteiger partial charge is 0.319 e. The van der Waals surface area contributed by atoms with Crippen LogP contribution in [0.5, 0.6) is 11.5 Å². The zero-order valence-electron chi connectivity index (χ0n) is 13.9. The standard InChI is InChI=1S/C16H19N3O4S/c1-17-15(20)14-10(19-16(21)18-2)8-13(24-14)9-5-6-11(22-3)12(7-9)23-4/h5-8H,1-4H3,(H,17,20)(H2,18,19,21). The Bertz CT molecular complexity index is 758. The molecule has 0 atom stereocenters. The van der Waals surface area contributed by atoms with Gasteiger partial charge in [-0.1, -0.05) is 0 Å². The van der Waals surface area contributed by atoms with Crippen LogP contribution in [0.1, 0.15) is 9.67 Å². The van der Waals surface area contributed by atoms with Crippen molar-refractivity contribution in [1.82, 2.24) is 10.6 Å². The number of hydrogen-bond donors (Lipinski definition) is 3. The molecule has 0 aliphatic rings. The number of ether oxygens (including phenoxy) is 2. The highest BCUT2D eigenvalue weighted by molar-refractivity contribution is 7.18. The second kappa shape index (κ2) is 7.69. The number of thiophene rings is 1. The van der Waals surface area contributed by atoms with Crippen molar-refractivity contribution in [2.24, 2.45) is 0 Å². The van der Waals surface area contributed by atoms with Crippen molar-refractivity contribution < 1.29 is 19.1 Å². The monoisotopic (exact) mass is 349 g/mol. The van der Waals surface area contributed by atoms with Crippen LogP contribution >= 0.6 is 11.3 Å². The Kier molecular flexibility index (Phi) is 5.64. The van der Waals surface area contributed by atoms with Crippen LogP contribution in [-0.4, -0.2) is 40.3 Å². The quantitative estimate of drug-likeness (QED) is 0.774. The fourth-order valence-electron chi connectivity index (χ4n) is 2.08. The first-order valence-corrected chi connectivity index (χ1v) is 7.92. The van der Waals surface area contributed by atoms with Crippen molar-refractivity contribution in [3.63, 3.8) is 0 Å². The van der Waals surface area contributed by atoms with Gasteiger partial charge in [0.25, 0.3) is 5.91 Å². The van der Waals surface area contributed by atoms with E-state index in [1.54, 1.807) is 33.4 Å². The van der Waals surface area contributed by atoms with Gasteiger partial charge in [-0.15, -0.1) is 11.3 Å². The summed E-state index contributed by atoms with van der Waals surface area (Å²) in [5, 5.41) is 7.70. The molecule has 0 aliphatic heterocycles. The minimum atomic E-state index is -0.392. The lowest BCUT2D eigenvalue weighted by Gasteiger charge is -2.08. The van der Waals surface area contributed by atoms with Gasteiger partial charge in [0, 0.05) is 19.0 Å². The third-order valence-electron chi connectivity index (χ3n) is 3.31. The first-order chi connectivity index (χ1) is 11.5. The molecular weight excluding hydrogens is 330 g/mol. The molecule has 0 aliphatic carbocycles. The van der Waals surface area contributed by atoms with Gasteiger partial charge in [-0.3, -0.25) is 4.79 Å². The van der Waals surface area contributed by atoms with Gasteiger partial charge in [0.1, 0.15) is 4.88 Å². The average molecular weight is 349 g/mol. The topological polar surface area (TPSA) is 88.7 Å². The fourth-order valence-corrected chi connectivity index (χ4v) is 3.14. The van der Waals surface area contributed by atoms with Crippen LogP contribution in [0, 0.1) is 0 Å². The third-order valence-corrected chi connectivity index (χ3v) is 4.49. The summed E-state index contributed by atoms with van der Waals surface area (Å²) in [5.74, 6) is 0.942. The lowest BCUT2D eigenvalue weighted by Crippen LogP contribution is -2.26. The molecule has 0 unspecified atom stereocenters. The molecule has 0 saturated carbocycles. The van der Waals surface area contributed by atoms with Crippen molar-refractivity contribution in [3.8, 4) is 21.9 Å². The maximum Gasteiger partial charge on any atom is 0.319 e. The first-order valence-electron chi connectivity index (χ1n) is 7.11. The zero-order valence-corrected chi connectivity index (χ0v) is 14.7. The van der Waals surface area contributed by atoms with Crippen LogP contribution in [0.25, 0.3) is 10.4 Å². The SMILES string of the molecule is CNC(=O)Nc1cc(-c2ccc(OC)c(OC)c2)sc1C(=O)NC. The van der Waals surface area contributed by atoms with Gasteiger partial charge < -0.3 is 25.4 Å². The van der Waals surface area contributed by atoms with E-state index in [4.69, 9.17) is 9.47 Å². The minimum absolute atomic E-state index is 0.266. The number of hydrogen-bond acceptors (Lipinski definition) is 5. The Labute approximate surface area is 144 Å². The zero-order chi connectivity index (χ0) is 17.7. The molecule has 0 bridgehead atoms. The van der Waals surface area contributed by atoms with Crippen LogP contribution in [0.4, 0.5) is 10.5 Å². The van der Waals surface area contributed by atoms with Crippen LogP contribution in [-0.2, 0) is 0 Å². The number of carbonyl (C=O) groups is 2. The van der Waals surface area contributed by atoms with E-state index in [0.717, 1.165) is 10.4 Å². The normalized spacial score (nSPS) is 10.0. The summed E-state index contributed by atoms with van der Waals surface area (Å²) in [4.78, 5) is 24.9. The number of carbonyl (C=O) groups excluding carboxylic acids is 2. The molecule has 3 amide bonds. The lowest BCUT2D eigenvalue weighted by atomic mass is 10.1. The van der Waals surface area contributed by atoms with Gasteiger partial charge in [-0.25, -0.2) is 4.79 Å². The third kappa shape index (κ3) is 3.60. The van der Waals surface area contributed by atoms with E-state index in [1.165, 1.54) is 18.4 Å². The Morgan fingerprint density at radius 2 is 1.71 bits per heavy atom. The lowest BCUT2D eigenvalue weighted by molar-refractivity contribution is 0.0968. The van der Waals surface area contributed by atoms with Gasteiger partial charge in [0.2, 0.25) is 0 Å². The van der Waals surface area contributed by atoms with Gasteiger partial charge in [0.15, 0.2) is 11.5 Å². The van der Waals surface area contributed by atoms with Crippen LogP contribution in [0.3, 0.4) is 0 Å². The summed E-state index contributed by atoms with van der Waals surface area (Å²) in [6.07, 6.45) is 0. The number of methoxy groups -OCH3 is 2. The number of urea groups is 1. The number of amides is 3. The molecule has 8 heteroatoms. The molecule has 1 aromatic carbocycles. The highest BCUT2D eigenvalue weighted by atomic mass is 32.1. The number of anilines is 1. The molecule has 0 fully saturated rings. The highest BCUT2D eigenvalue weighted by Crippen LogP contribution is 2.38. The predicted molar refractivity (Wildman–Crippen MR) is 94.3 cm³/mol. The van der Waals surface area contributed by atoms with E-state index in [2.05, 4.69) is 16.0 Å². The van der Waals surface area contributed by atoms with Crippen molar-refractivity contribution in [2.45, 2.75) is 0 Å². The van der Waals surface area contributed by atoms with E-state index < -0.39 is 6.03 Å². The summed E-state index contributed by atoms with van der Waals surface area (Å²) in [5.41, 5.74) is 1.30. The Morgan fingerprint density at radius 3 is 2.29 bits per heavy atom. The molecule has 0 spiro atoms. The maximum atomic E-state index is 12.1. The Morgan fingerprint density at radius 1 is 1.00 bits per heavy atom. The summed E-state index contributed by atoms with van der Waals surface area (Å²) < 4.78 is 10.5. The Hall–Kier alpha value is -2.74. The maximum absolute atomic E-state index is 12.1. The van der Waals surface area contributed by atoms with Crippen molar-refractivity contribution in [2.75, 3.05) is 33.6 Å². The van der Waals surface area contributed by atoms with E-state index in [1.807, 2.05) is 12.1 Å². The Balaban J connectivity index is 2.47. The van der Waals surface area contributed by atoms with Crippen molar-refractivity contribution in [1.29, 1.82) is 0 Å². The summed E-state index contributed by atoms with van der Waals surface area (Å²) in [6.45, 7) is 0. The van der Waals surface area contributed by atoms with Crippen LogP contribution in [0.15, 0.2) is 24.3 Å². The van der Waals surface area contributed by atoms with Gasteiger partial charge in [-0.05, 0) is 29.8 Å². The minimum Gasteiger partial charge on any atom is -0.493 e. The predicted octanol–water partition coefficient (Wildman–Crippen LogP) is 2.54. The molecule has 1 aromatic heterocycles. The van der Waals surface area contributed by atoms with E-state index >= 15 is 0 Å². The summed E-state index contributed by atoms with van der Waals surface area (Å²) >= 11 is 1.28. The molecule has 0 saturated heterocycles. The molecule has 7 nitrogen and oxygen atoms in total. The van der Waals surface area contributed by atoms with Crippen LogP contribution < -0.4 is 25.4 Å². The van der Waals surface area contributed by atoms with Crippen molar-refractivity contribution in [3.05, 3.63) is 29.1 Å². The molecular formula is C16H19N3O4S. The van der Waals surface area contributed by atoms with E-state index in [0.29, 0.717) is 22.1 Å². The molecule has 24 heavy (non-hydrogen) atoms.